The number of amides is 2. The zero-order valence-corrected chi connectivity index (χ0v) is 17.1. The molecule has 28 heavy (non-hydrogen) atoms. The summed E-state index contributed by atoms with van der Waals surface area (Å²) in [6.07, 6.45) is 1.74. The van der Waals surface area contributed by atoms with Gasteiger partial charge in [0.2, 0.25) is 5.91 Å². The van der Waals surface area contributed by atoms with Crippen molar-refractivity contribution in [2.75, 3.05) is 0 Å². The molecule has 1 saturated heterocycles. The normalized spacial score (nSPS) is 19.7. The van der Waals surface area contributed by atoms with Crippen LogP contribution in [0.3, 0.4) is 0 Å². The predicted molar refractivity (Wildman–Crippen MR) is 111 cm³/mol. The standard InChI is InChI=1S/C24H29NO3/c1-17-16-21(25(22(17)26)23(27)28-24(2,3)4)15-12-18-10-13-20(14-11-18)19-8-6-5-7-9-19/h5-11,13-14,17,21H,12,15-16H2,1-4H3/t17?,21-/m1/s1. The highest BCUT2D eigenvalue weighted by atomic mass is 16.6. The Morgan fingerprint density at radius 3 is 2.25 bits per heavy atom. The van der Waals surface area contributed by atoms with Crippen LogP contribution in [0.5, 0.6) is 0 Å². The smallest absolute Gasteiger partial charge is 0.417 e. The second-order valence-corrected chi connectivity index (χ2v) is 8.58. The molecule has 148 valence electrons. The number of benzene rings is 2. The molecule has 1 aliphatic rings. The Bertz CT molecular complexity index is 821. The van der Waals surface area contributed by atoms with Crippen molar-refractivity contribution in [1.29, 1.82) is 0 Å². The number of carbonyl (C=O) groups excluding carboxylic acids is 2. The summed E-state index contributed by atoms with van der Waals surface area (Å²) in [7, 11) is 0. The molecular formula is C24H29NO3. The summed E-state index contributed by atoms with van der Waals surface area (Å²) in [6.45, 7) is 7.34. The van der Waals surface area contributed by atoms with Gasteiger partial charge >= 0.3 is 6.09 Å². The van der Waals surface area contributed by atoms with Crippen molar-refractivity contribution in [3.63, 3.8) is 0 Å². The van der Waals surface area contributed by atoms with Crippen LogP contribution < -0.4 is 0 Å². The van der Waals surface area contributed by atoms with Crippen molar-refractivity contribution in [2.24, 2.45) is 5.92 Å². The number of nitrogens with zero attached hydrogens (tertiary/aromatic N) is 1. The summed E-state index contributed by atoms with van der Waals surface area (Å²) in [5, 5.41) is 0. The van der Waals surface area contributed by atoms with Gasteiger partial charge in [-0.15, -0.1) is 0 Å². The van der Waals surface area contributed by atoms with Gasteiger partial charge in [0.05, 0.1) is 0 Å². The van der Waals surface area contributed by atoms with E-state index >= 15 is 0 Å². The van der Waals surface area contributed by atoms with E-state index in [1.165, 1.54) is 21.6 Å². The molecule has 0 N–H and O–H groups in total. The summed E-state index contributed by atoms with van der Waals surface area (Å²) >= 11 is 0. The Hall–Kier alpha value is -2.62. The van der Waals surface area contributed by atoms with Crippen molar-refractivity contribution >= 4 is 12.0 Å². The number of aryl methyl sites for hydroxylation is 1. The molecule has 2 aromatic rings. The molecule has 2 aromatic carbocycles. The lowest BCUT2D eigenvalue weighted by Crippen LogP contribution is -2.42. The molecule has 0 saturated carbocycles. The minimum atomic E-state index is -0.610. The van der Waals surface area contributed by atoms with Crippen LogP contribution in [0.15, 0.2) is 54.6 Å². The SMILES string of the molecule is CC1C[C@@H](CCc2ccc(-c3ccccc3)cc2)N(C(=O)OC(C)(C)C)C1=O. The van der Waals surface area contributed by atoms with Crippen LogP contribution in [0.25, 0.3) is 11.1 Å². The summed E-state index contributed by atoms with van der Waals surface area (Å²) in [5.74, 6) is -0.267. The second kappa shape index (κ2) is 8.17. The van der Waals surface area contributed by atoms with Gasteiger partial charge in [-0.1, -0.05) is 61.5 Å². The first-order valence-corrected chi connectivity index (χ1v) is 9.95. The third kappa shape index (κ3) is 4.80. The van der Waals surface area contributed by atoms with Crippen LogP contribution in [-0.2, 0) is 16.0 Å². The fourth-order valence-electron chi connectivity index (χ4n) is 3.66. The molecule has 0 radical (unpaired) electrons. The van der Waals surface area contributed by atoms with Gasteiger partial charge in [0, 0.05) is 12.0 Å². The molecule has 0 aromatic heterocycles. The van der Waals surface area contributed by atoms with Crippen LogP contribution in [0, 0.1) is 5.92 Å². The first-order valence-electron chi connectivity index (χ1n) is 9.95. The van der Waals surface area contributed by atoms with Crippen LogP contribution >= 0.6 is 0 Å². The fraction of sp³-hybridized carbons (Fsp3) is 0.417. The zero-order chi connectivity index (χ0) is 20.3. The molecule has 0 spiro atoms. The van der Waals surface area contributed by atoms with E-state index in [1.54, 1.807) is 0 Å². The Balaban J connectivity index is 1.65. The third-order valence-electron chi connectivity index (χ3n) is 5.07. The van der Waals surface area contributed by atoms with Gasteiger partial charge in [0.15, 0.2) is 0 Å². The van der Waals surface area contributed by atoms with Gasteiger partial charge in [-0.3, -0.25) is 4.79 Å². The average molecular weight is 380 g/mol. The molecule has 1 aliphatic heterocycles. The van der Waals surface area contributed by atoms with E-state index in [0.717, 1.165) is 12.8 Å². The van der Waals surface area contributed by atoms with Gasteiger partial charge in [-0.25, -0.2) is 9.69 Å². The van der Waals surface area contributed by atoms with E-state index in [2.05, 4.69) is 36.4 Å². The number of hydrogen-bond donors (Lipinski definition) is 0. The van der Waals surface area contributed by atoms with Crippen molar-refractivity contribution in [1.82, 2.24) is 4.90 Å². The summed E-state index contributed by atoms with van der Waals surface area (Å²) in [6, 6.07) is 18.7. The van der Waals surface area contributed by atoms with Crippen LogP contribution in [0.1, 0.15) is 46.1 Å². The first-order chi connectivity index (χ1) is 13.2. The second-order valence-electron chi connectivity index (χ2n) is 8.58. The van der Waals surface area contributed by atoms with E-state index < -0.39 is 11.7 Å². The monoisotopic (exact) mass is 379 g/mol. The summed E-state index contributed by atoms with van der Waals surface area (Å²) in [5.41, 5.74) is 2.97. The van der Waals surface area contributed by atoms with Gasteiger partial charge in [-0.2, -0.15) is 0 Å². The Labute approximate surface area is 167 Å². The Morgan fingerprint density at radius 2 is 1.64 bits per heavy atom. The Morgan fingerprint density at radius 1 is 1.04 bits per heavy atom. The minimum Gasteiger partial charge on any atom is -0.443 e. The zero-order valence-electron chi connectivity index (χ0n) is 17.1. The van der Waals surface area contributed by atoms with Gasteiger partial charge < -0.3 is 4.74 Å². The van der Waals surface area contributed by atoms with Crippen LogP contribution in [-0.4, -0.2) is 28.5 Å². The predicted octanol–water partition coefficient (Wildman–Crippen LogP) is 5.46. The number of imide groups is 1. The highest BCUT2D eigenvalue weighted by molar-refractivity contribution is 5.95. The van der Waals surface area contributed by atoms with Crippen LogP contribution in [0.4, 0.5) is 4.79 Å². The van der Waals surface area contributed by atoms with Gasteiger partial charge in [-0.05, 0) is 56.7 Å². The van der Waals surface area contributed by atoms with Crippen molar-refractivity contribution in [3.8, 4) is 11.1 Å². The molecule has 4 heteroatoms. The lowest BCUT2D eigenvalue weighted by Gasteiger charge is -2.27. The molecular weight excluding hydrogens is 350 g/mol. The maximum absolute atomic E-state index is 12.5. The molecule has 1 fully saturated rings. The number of ether oxygens (including phenoxy) is 1. The lowest BCUT2D eigenvalue weighted by atomic mass is 9.98. The van der Waals surface area contributed by atoms with E-state index in [-0.39, 0.29) is 17.9 Å². The largest absolute Gasteiger partial charge is 0.443 e. The van der Waals surface area contributed by atoms with E-state index in [1.807, 2.05) is 45.9 Å². The molecule has 4 nitrogen and oxygen atoms in total. The highest BCUT2D eigenvalue weighted by Crippen LogP contribution is 2.29. The fourth-order valence-corrected chi connectivity index (χ4v) is 3.66. The van der Waals surface area contributed by atoms with Crippen molar-refractivity contribution in [3.05, 3.63) is 60.2 Å². The van der Waals surface area contributed by atoms with Crippen molar-refractivity contribution < 1.29 is 14.3 Å². The molecule has 1 unspecified atom stereocenters. The van der Waals surface area contributed by atoms with Crippen LogP contribution in [0.2, 0.25) is 0 Å². The van der Waals surface area contributed by atoms with Crippen molar-refractivity contribution in [2.45, 2.75) is 58.6 Å². The van der Waals surface area contributed by atoms with E-state index in [4.69, 9.17) is 4.74 Å². The summed E-state index contributed by atoms with van der Waals surface area (Å²) in [4.78, 5) is 26.3. The number of carbonyl (C=O) groups is 2. The molecule has 3 rings (SSSR count). The lowest BCUT2D eigenvalue weighted by molar-refractivity contribution is -0.130. The molecule has 2 amide bonds. The molecule has 0 aliphatic carbocycles. The number of hydrogen-bond acceptors (Lipinski definition) is 3. The third-order valence-corrected chi connectivity index (χ3v) is 5.07. The Kier molecular flexibility index (Phi) is 5.87. The molecule has 0 bridgehead atoms. The maximum Gasteiger partial charge on any atom is 0.417 e. The quantitative estimate of drug-likeness (QED) is 0.709. The summed E-state index contributed by atoms with van der Waals surface area (Å²) < 4.78 is 5.45. The molecule has 1 heterocycles. The maximum atomic E-state index is 12.5. The number of likely N-dealkylation sites (tertiary alicyclic amines) is 1. The van der Waals surface area contributed by atoms with E-state index in [0.29, 0.717) is 6.42 Å². The topological polar surface area (TPSA) is 46.6 Å². The first kappa shape index (κ1) is 20.1. The average Bonchev–Trinajstić information content (AvgIpc) is 2.94. The molecule has 2 atom stereocenters. The minimum absolute atomic E-state index is 0.105. The van der Waals surface area contributed by atoms with Gasteiger partial charge in [0.25, 0.3) is 0 Å². The number of rotatable bonds is 4. The highest BCUT2D eigenvalue weighted by Gasteiger charge is 2.42. The van der Waals surface area contributed by atoms with E-state index in [9.17, 15) is 9.59 Å². The van der Waals surface area contributed by atoms with Gasteiger partial charge in [0.1, 0.15) is 5.60 Å².